The summed E-state index contributed by atoms with van der Waals surface area (Å²) < 4.78 is 12.8. The Hall–Kier alpha value is -1.87. The minimum Gasteiger partial charge on any atom is -0.387 e. The van der Waals surface area contributed by atoms with Crippen LogP contribution >= 0.6 is 0 Å². The summed E-state index contributed by atoms with van der Waals surface area (Å²) in [4.78, 5) is 14.2. The lowest BCUT2D eigenvalue weighted by Gasteiger charge is -2.61. The number of rotatable bonds is 7. The van der Waals surface area contributed by atoms with Gasteiger partial charge in [0.15, 0.2) is 5.78 Å². The van der Waals surface area contributed by atoms with Crippen molar-refractivity contribution in [2.24, 2.45) is 40.4 Å². The Morgan fingerprint density at radius 1 is 1.06 bits per heavy atom. The van der Waals surface area contributed by atoms with E-state index in [1.54, 1.807) is 13.0 Å². The maximum Gasteiger partial charge on any atom is 0.159 e. The molecule has 0 radical (unpaired) electrons. The molecule has 1 aromatic rings. The topological polar surface area (TPSA) is 108 Å². The van der Waals surface area contributed by atoms with Crippen LogP contribution in [0, 0.1) is 40.4 Å². The van der Waals surface area contributed by atoms with E-state index >= 15 is 0 Å². The van der Waals surface area contributed by atoms with E-state index in [9.17, 15) is 20.1 Å². The van der Waals surface area contributed by atoms with Crippen molar-refractivity contribution in [2.75, 3.05) is 26.8 Å². The molecule has 2 heterocycles. The number of carbonyl (C=O) groups is 1. The average Bonchev–Trinajstić information content (AvgIpc) is 3.57. The van der Waals surface area contributed by atoms with Crippen LogP contribution in [-0.2, 0) is 14.3 Å². The third-order valence-corrected chi connectivity index (χ3v) is 14.6. The molecule has 4 N–H and O–H groups in total. The minimum atomic E-state index is -1.45. The molecule has 1 aromatic carbocycles. The van der Waals surface area contributed by atoms with Crippen LogP contribution in [0.5, 0.6) is 0 Å². The first kappa shape index (κ1) is 33.6. The van der Waals surface area contributed by atoms with Gasteiger partial charge < -0.3 is 30.1 Å². The van der Waals surface area contributed by atoms with Gasteiger partial charge in [0.05, 0.1) is 36.1 Å². The first-order chi connectivity index (χ1) is 22.3. The van der Waals surface area contributed by atoms with Gasteiger partial charge in [0.25, 0.3) is 0 Å². The van der Waals surface area contributed by atoms with Gasteiger partial charge in [0.1, 0.15) is 6.10 Å². The molecular weight excluding hydrogens is 590 g/mol. The molecule has 7 rings (SSSR count). The highest BCUT2D eigenvalue weighted by molar-refractivity contribution is 5.95. The van der Waals surface area contributed by atoms with E-state index in [2.05, 4.69) is 62.5 Å². The Bertz CT molecular complexity index is 1410. The zero-order valence-electron chi connectivity index (χ0n) is 29.1. The van der Waals surface area contributed by atoms with Gasteiger partial charge in [-0.05, 0) is 118 Å². The van der Waals surface area contributed by atoms with Crippen LogP contribution < -0.4 is 5.32 Å². The Kier molecular flexibility index (Phi) is 8.50. The highest BCUT2D eigenvalue weighted by atomic mass is 16.5. The number of fused-ring (bicyclic) bond motifs is 5. The van der Waals surface area contributed by atoms with Crippen LogP contribution in [0.1, 0.15) is 90.5 Å². The van der Waals surface area contributed by atoms with Gasteiger partial charge in [0.2, 0.25) is 0 Å². The van der Waals surface area contributed by atoms with Crippen molar-refractivity contribution in [2.45, 2.75) is 114 Å². The fraction of sp³-hybridized carbons (Fsp3) is 0.725. The van der Waals surface area contributed by atoms with Gasteiger partial charge in [0, 0.05) is 17.3 Å². The fourth-order valence-electron chi connectivity index (χ4n) is 11.6. The SMILES string of the molecule is CNCC[C@H]1[C@@H]([C@@H](O)[C@@](C)(O)[C@@H]2CC[C@]3(O)C4=CC(=O)[C@H]5C[C@]6(C=C[C@H](c7ccccc7)CO6)CC[C@]5(C)[C@@H]4CC[C@]23C)OC[C@H]1C. The molecular formula is C40H57NO6. The summed E-state index contributed by atoms with van der Waals surface area (Å²) in [5, 5.41) is 40.1. The van der Waals surface area contributed by atoms with E-state index in [0.717, 1.165) is 44.2 Å². The van der Waals surface area contributed by atoms with Crippen LogP contribution in [0.4, 0.5) is 0 Å². The molecule has 1 spiro atoms. The molecule has 7 nitrogen and oxygen atoms in total. The van der Waals surface area contributed by atoms with Crippen LogP contribution in [0.2, 0.25) is 0 Å². The van der Waals surface area contributed by atoms with Gasteiger partial charge in [-0.3, -0.25) is 4.79 Å². The van der Waals surface area contributed by atoms with Crippen LogP contribution in [-0.4, -0.2) is 76.9 Å². The maximum absolute atomic E-state index is 14.2. The van der Waals surface area contributed by atoms with Crippen LogP contribution in [0.25, 0.3) is 0 Å². The third kappa shape index (κ3) is 5.08. The summed E-state index contributed by atoms with van der Waals surface area (Å²) >= 11 is 0. The first-order valence-corrected chi connectivity index (χ1v) is 18.3. The van der Waals surface area contributed by atoms with Gasteiger partial charge in [-0.15, -0.1) is 0 Å². The molecule has 47 heavy (non-hydrogen) atoms. The normalized spacial score (nSPS) is 46.3. The second-order valence-electron chi connectivity index (χ2n) is 17.0. The van der Waals surface area contributed by atoms with E-state index in [4.69, 9.17) is 9.47 Å². The van der Waals surface area contributed by atoms with Crippen LogP contribution in [0.3, 0.4) is 0 Å². The van der Waals surface area contributed by atoms with E-state index in [1.807, 2.05) is 13.1 Å². The van der Waals surface area contributed by atoms with Gasteiger partial charge in [-0.1, -0.05) is 63.3 Å². The number of hydrogen-bond donors (Lipinski definition) is 4. The molecule has 4 aliphatic carbocycles. The number of aliphatic hydroxyl groups is 3. The number of hydrogen-bond acceptors (Lipinski definition) is 7. The molecule has 0 aromatic heterocycles. The van der Waals surface area contributed by atoms with Crippen molar-refractivity contribution in [3.05, 3.63) is 59.7 Å². The lowest BCUT2D eigenvalue weighted by atomic mass is 9.45. The van der Waals surface area contributed by atoms with Gasteiger partial charge >= 0.3 is 0 Å². The molecule has 1 saturated heterocycles. The van der Waals surface area contributed by atoms with Gasteiger partial charge in [-0.25, -0.2) is 0 Å². The zero-order valence-corrected chi connectivity index (χ0v) is 29.1. The number of allylic oxidation sites excluding steroid dienone is 1. The smallest absolute Gasteiger partial charge is 0.159 e. The molecule has 2 aliphatic heterocycles. The summed E-state index contributed by atoms with van der Waals surface area (Å²) in [7, 11) is 1.93. The second-order valence-corrected chi connectivity index (χ2v) is 17.0. The predicted octanol–water partition coefficient (Wildman–Crippen LogP) is 5.34. The molecule has 0 unspecified atom stereocenters. The number of ketones is 1. The molecule has 6 aliphatic rings. The summed E-state index contributed by atoms with van der Waals surface area (Å²) in [5.41, 5.74) is -1.89. The van der Waals surface area contributed by atoms with Crippen molar-refractivity contribution in [3.63, 3.8) is 0 Å². The highest BCUT2D eigenvalue weighted by Crippen LogP contribution is 2.69. The quantitative estimate of drug-likeness (QED) is 0.296. The number of nitrogens with one attached hydrogen (secondary N) is 1. The van der Waals surface area contributed by atoms with E-state index in [-0.39, 0.29) is 40.8 Å². The molecule has 7 heteroatoms. The standard InChI is InChI=1S/C40H57NO6/c1-25-23-46-34(28(25)14-20-41-5)35(43)38(4,44)33-13-17-40(45)30-21-32(42)31-22-39(16-11-27(24-47-39)26-9-7-6-8-10-26)19-18-36(31,2)29(30)12-15-37(33,40)3/h6-11,16,21,25,27-29,31,33-35,41,43-45H,12-15,17-20,22-24H2,1-5H3/t25-,27+,28-,29-,31-,33-,34+,35-,36-,37-,38+,39+,40+/m1/s1. The van der Waals surface area contributed by atoms with Crippen molar-refractivity contribution >= 4 is 5.78 Å². The Balaban J connectivity index is 1.13. The predicted molar refractivity (Wildman–Crippen MR) is 182 cm³/mol. The average molecular weight is 648 g/mol. The first-order valence-electron chi connectivity index (χ1n) is 18.3. The Labute approximate surface area is 281 Å². The lowest BCUT2D eigenvalue weighted by molar-refractivity contribution is -0.195. The van der Waals surface area contributed by atoms with Crippen molar-refractivity contribution in [3.8, 4) is 0 Å². The monoisotopic (exact) mass is 647 g/mol. The summed E-state index contributed by atoms with van der Waals surface area (Å²) in [6.07, 6.45) is 10.7. The third-order valence-electron chi connectivity index (χ3n) is 14.6. The Morgan fingerprint density at radius 2 is 1.83 bits per heavy atom. The highest BCUT2D eigenvalue weighted by Gasteiger charge is 2.70. The Morgan fingerprint density at radius 3 is 2.53 bits per heavy atom. The molecule has 0 bridgehead atoms. The fourth-order valence-corrected chi connectivity index (χ4v) is 11.6. The van der Waals surface area contributed by atoms with E-state index in [0.29, 0.717) is 38.4 Å². The van der Waals surface area contributed by atoms with Crippen LogP contribution in [0.15, 0.2) is 54.1 Å². The molecule has 258 valence electrons. The van der Waals surface area contributed by atoms with Crippen molar-refractivity contribution in [1.82, 2.24) is 5.32 Å². The van der Waals surface area contributed by atoms with E-state index < -0.39 is 34.4 Å². The molecule has 4 fully saturated rings. The van der Waals surface area contributed by atoms with E-state index in [1.165, 1.54) is 5.56 Å². The number of aliphatic hydroxyl groups excluding tert-OH is 1. The second kappa shape index (κ2) is 11.9. The largest absolute Gasteiger partial charge is 0.387 e. The summed E-state index contributed by atoms with van der Waals surface area (Å²) in [6, 6.07) is 10.5. The van der Waals surface area contributed by atoms with Crippen molar-refractivity contribution in [1.29, 1.82) is 0 Å². The maximum atomic E-state index is 14.2. The number of benzene rings is 1. The number of carbonyl (C=O) groups excluding carboxylic acids is 1. The summed E-state index contributed by atoms with van der Waals surface area (Å²) in [6.45, 7) is 10.3. The molecule has 3 saturated carbocycles. The molecule has 13 atom stereocenters. The lowest BCUT2D eigenvalue weighted by Crippen LogP contribution is -2.63. The van der Waals surface area contributed by atoms with Gasteiger partial charge in [-0.2, -0.15) is 0 Å². The van der Waals surface area contributed by atoms with Crippen molar-refractivity contribution < 1.29 is 29.6 Å². The minimum absolute atomic E-state index is 0.101. The summed E-state index contributed by atoms with van der Waals surface area (Å²) in [5.74, 6) is 0.376. The molecule has 0 amide bonds. The zero-order chi connectivity index (χ0) is 33.4. The number of ether oxygens (including phenoxy) is 2.